The highest BCUT2D eigenvalue weighted by atomic mass is 15.3. The van der Waals surface area contributed by atoms with E-state index in [1.54, 1.807) is 0 Å². The fourth-order valence-electron chi connectivity index (χ4n) is 2.64. The molecule has 2 rings (SSSR count). The molecule has 17 heavy (non-hydrogen) atoms. The van der Waals surface area contributed by atoms with Gasteiger partial charge < -0.3 is 14.8 Å². The normalized spacial score (nSPS) is 20.5. The van der Waals surface area contributed by atoms with Crippen molar-refractivity contribution in [3.63, 3.8) is 0 Å². The van der Waals surface area contributed by atoms with Crippen LogP contribution in [0.15, 0.2) is 12.4 Å². The summed E-state index contributed by atoms with van der Waals surface area (Å²) in [6, 6.07) is 0.605. The van der Waals surface area contributed by atoms with E-state index in [9.17, 15) is 0 Å². The molecule has 0 bridgehead atoms. The minimum Gasteiger partial charge on any atom is -0.338 e. The molecule has 1 N–H and O–H groups in total. The quantitative estimate of drug-likeness (QED) is 0.845. The molecule has 1 aromatic heterocycles. The van der Waals surface area contributed by atoms with E-state index in [4.69, 9.17) is 0 Å². The Hall–Kier alpha value is -1.03. The largest absolute Gasteiger partial charge is 0.338 e. The highest BCUT2D eigenvalue weighted by Gasteiger charge is 2.26. The summed E-state index contributed by atoms with van der Waals surface area (Å²) < 4.78 is 2.29. The van der Waals surface area contributed by atoms with Gasteiger partial charge in [-0.3, -0.25) is 0 Å². The van der Waals surface area contributed by atoms with Crippen LogP contribution in [0.25, 0.3) is 0 Å². The Bertz CT molecular complexity index is 345. The summed E-state index contributed by atoms with van der Waals surface area (Å²) >= 11 is 0. The third-order valence-corrected chi connectivity index (χ3v) is 3.33. The van der Waals surface area contributed by atoms with E-state index in [0.29, 0.717) is 12.0 Å². The lowest BCUT2D eigenvalue weighted by Gasteiger charge is -2.26. The molecule has 1 fully saturated rings. The van der Waals surface area contributed by atoms with Crippen molar-refractivity contribution in [3.05, 3.63) is 12.4 Å². The number of anilines is 1. The molecule has 0 amide bonds. The molecule has 0 aromatic carbocycles. The predicted octanol–water partition coefficient (Wildman–Crippen LogP) is 1.73. The molecule has 1 aliphatic heterocycles. The molecule has 4 nitrogen and oxygen atoms in total. The first-order chi connectivity index (χ1) is 8.22. The van der Waals surface area contributed by atoms with E-state index < -0.39 is 0 Å². The monoisotopic (exact) mass is 236 g/mol. The number of rotatable bonds is 5. The summed E-state index contributed by atoms with van der Waals surface area (Å²) in [5.41, 5.74) is 0. The smallest absolute Gasteiger partial charge is 0.205 e. The van der Waals surface area contributed by atoms with Crippen molar-refractivity contribution in [2.75, 3.05) is 25.0 Å². The van der Waals surface area contributed by atoms with Gasteiger partial charge in [0.25, 0.3) is 0 Å². The number of nitrogens with one attached hydrogen (secondary N) is 1. The molecule has 2 heterocycles. The first-order valence-corrected chi connectivity index (χ1v) is 6.64. The van der Waals surface area contributed by atoms with Crippen molar-refractivity contribution in [2.24, 2.45) is 5.92 Å². The molecule has 0 saturated carbocycles. The van der Waals surface area contributed by atoms with Gasteiger partial charge in [0.15, 0.2) is 0 Å². The maximum Gasteiger partial charge on any atom is 0.205 e. The lowest BCUT2D eigenvalue weighted by Crippen LogP contribution is -2.38. The lowest BCUT2D eigenvalue weighted by molar-refractivity contribution is 0.511. The standard InChI is InChI=1S/C13H24N4/c1-11(2)10-16-8-6-15-13(16)17-7-4-5-12(17)9-14-3/h6,8,11-12,14H,4-5,7,9-10H2,1-3H3. The molecule has 1 atom stereocenters. The number of hydrogen-bond acceptors (Lipinski definition) is 3. The maximum absolute atomic E-state index is 4.54. The molecule has 4 heteroatoms. The van der Waals surface area contributed by atoms with Crippen LogP contribution >= 0.6 is 0 Å². The van der Waals surface area contributed by atoms with Gasteiger partial charge in [-0.15, -0.1) is 0 Å². The van der Waals surface area contributed by atoms with Gasteiger partial charge in [0, 0.05) is 38.1 Å². The van der Waals surface area contributed by atoms with Crippen LogP contribution in [0.1, 0.15) is 26.7 Å². The highest BCUT2D eigenvalue weighted by Crippen LogP contribution is 2.24. The second-order valence-electron chi connectivity index (χ2n) is 5.32. The van der Waals surface area contributed by atoms with Crippen LogP contribution in [0.4, 0.5) is 5.95 Å². The van der Waals surface area contributed by atoms with Gasteiger partial charge in [-0.25, -0.2) is 4.98 Å². The zero-order valence-corrected chi connectivity index (χ0v) is 11.2. The van der Waals surface area contributed by atoms with Crippen molar-refractivity contribution in [1.82, 2.24) is 14.9 Å². The molecule has 1 saturated heterocycles. The molecule has 0 spiro atoms. The van der Waals surface area contributed by atoms with Crippen LogP contribution in [0.5, 0.6) is 0 Å². The Labute approximate surface area is 104 Å². The van der Waals surface area contributed by atoms with E-state index in [-0.39, 0.29) is 0 Å². The molecule has 1 aliphatic rings. The number of hydrogen-bond donors (Lipinski definition) is 1. The van der Waals surface area contributed by atoms with Crippen LogP contribution in [0, 0.1) is 5.92 Å². The zero-order valence-electron chi connectivity index (χ0n) is 11.2. The topological polar surface area (TPSA) is 33.1 Å². The van der Waals surface area contributed by atoms with Gasteiger partial charge in [-0.2, -0.15) is 0 Å². The molecule has 1 unspecified atom stereocenters. The lowest BCUT2D eigenvalue weighted by atomic mass is 10.2. The van der Waals surface area contributed by atoms with Gasteiger partial charge in [-0.1, -0.05) is 13.8 Å². The van der Waals surface area contributed by atoms with Crippen LogP contribution in [-0.4, -0.2) is 35.7 Å². The van der Waals surface area contributed by atoms with Crippen LogP contribution < -0.4 is 10.2 Å². The first kappa shape index (κ1) is 12.4. The first-order valence-electron chi connectivity index (χ1n) is 6.64. The molecular weight excluding hydrogens is 212 g/mol. The fourth-order valence-corrected chi connectivity index (χ4v) is 2.64. The summed E-state index contributed by atoms with van der Waals surface area (Å²) in [4.78, 5) is 7.00. The average Bonchev–Trinajstić information content (AvgIpc) is 2.86. The number of nitrogens with zero attached hydrogens (tertiary/aromatic N) is 3. The maximum atomic E-state index is 4.54. The number of imidazole rings is 1. The van der Waals surface area contributed by atoms with E-state index in [2.05, 4.69) is 39.8 Å². The molecule has 96 valence electrons. The van der Waals surface area contributed by atoms with Crippen molar-refractivity contribution >= 4 is 5.95 Å². The SMILES string of the molecule is CNCC1CCCN1c1nccn1CC(C)C. The van der Waals surface area contributed by atoms with E-state index >= 15 is 0 Å². The summed E-state index contributed by atoms with van der Waals surface area (Å²) in [5.74, 6) is 1.81. The molecular formula is C13H24N4. The third-order valence-electron chi connectivity index (χ3n) is 3.33. The van der Waals surface area contributed by atoms with Gasteiger partial charge in [0.1, 0.15) is 0 Å². The van der Waals surface area contributed by atoms with Gasteiger partial charge in [-0.05, 0) is 25.8 Å². The third kappa shape index (κ3) is 2.80. The molecule has 0 radical (unpaired) electrons. The number of aromatic nitrogens is 2. The van der Waals surface area contributed by atoms with Crippen LogP contribution in [0.3, 0.4) is 0 Å². The minimum absolute atomic E-state index is 0.605. The Morgan fingerprint density at radius 3 is 3.06 bits per heavy atom. The van der Waals surface area contributed by atoms with Crippen molar-refractivity contribution in [1.29, 1.82) is 0 Å². The Kier molecular flexibility index (Phi) is 4.05. The zero-order chi connectivity index (χ0) is 12.3. The Balaban J connectivity index is 2.12. The van der Waals surface area contributed by atoms with Crippen molar-refractivity contribution < 1.29 is 0 Å². The van der Waals surface area contributed by atoms with Gasteiger partial charge in [0.05, 0.1) is 0 Å². The van der Waals surface area contributed by atoms with Crippen LogP contribution in [0.2, 0.25) is 0 Å². The summed E-state index contributed by atoms with van der Waals surface area (Å²) in [5, 5.41) is 3.28. The second kappa shape index (κ2) is 5.54. The molecule has 1 aromatic rings. The van der Waals surface area contributed by atoms with E-state index in [1.807, 2.05) is 13.2 Å². The number of likely N-dealkylation sites (N-methyl/N-ethyl adjacent to an activating group) is 1. The van der Waals surface area contributed by atoms with Gasteiger partial charge in [0.2, 0.25) is 5.95 Å². The fraction of sp³-hybridized carbons (Fsp3) is 0.769. The Morgan fingerprint density at radius 1 is 1.53 bits per heavy atom. The molecule has 0 aliphatic carbocycles. The predicted molar refractivity (Wildman–Crippen MR) is 71.4 cm³/mol. The van der Waals surface area contributed by atoms with Crippen LogP contribution in [-0.2, 0) is 6.54 Å². The van der Waals surface area contributed by atoms with E-state index in [1.165, 1.54) is 12.8 Å². The van der Waals surface area contributed by atoms with Crippen molar-refractivity contribution in [3.8, 4) is 0 Å². The van der Waals surface area contributed by atoms with E-state index in [0.717, 1.165) is 25.6 Å². The minimum atomic E-state index is 0.605. The van der Waals surface area contributed by atoms with Crippen molar-refractivity contribution in [2.45, 2.75) is 39.3 Å². The van der Waals surface area contributed by atoms with Gasteiger partial charge >= 0.3 is 0 Å². The average molecular weight is 236 g/mol. The highest BCUT2D eigenvalue weighted by molar-refractivity contribution is 5.35. The second-order valence-corrected chi connectivity index (χ2v) is 5.32. The summed E-state index contributed by atoms with van der Waals surface area (Å²) in [6.45, 7) is 7.74. The summed E-state index contributed by atoms with van der Waals surface area (Å²) in [7, 11) is 2.02. The Morgan fingerprint density at radius 2 is 2.35 bits per heavy atom. The summed E-state index contributed by atoms with van der Waals surface area (Å²) in [6.07, 6.45) is 6.58.